The average molecular weight is 1160 g/mol. The van der Waals surface area contributed by atoms with Crippen LogP contribution in [-0.4, -0.2) is 50.2 Å². The van der Waals surface area contributed by atoms with Crippen molar-refractivity contribution in [1.82, 2.24) is 0 Å². The van der Waals surface area contributed by atoms with Gasteiger partial charge in [-0.3, -0.25) is 0 Å². The van der Waals surface area contributed by atoms with E-state index in [1.54, 1.807) is 71.3 Å². The molecule has 0 amide bonds. The van der Waals surface area contributed by atoms with Crippen molar-refractivity contribution in [2.75, 3.05) is 38.2 Å². The summed E-state index contributed by atoms with van der Waals surface area (Å²) in [6.45, 7) is 5.11. The van der Waals surface area contributed by atoms with E-state index in [2.05, 4.69) is 84.9 Å². The maximum Gasteiger partial charge on any atom is 0.338 e. The highest BCUT2D eigenvalue weighted by Gasteiger charge is 2.16. The summed E-state index contributed by atoms with van der Waals surface area (Å²) < 4.78 is 11.8. The smallest absolute Gasteiger partial charge is 0.338 e. The van der Waals surface area contributed by atoms with Crippen LogP contribution in [0, 0.1) is 71.0 Å². The summed E-state index contributed by atoms with van der Waals surface area (Å²) in [6, 6.07) is 39.2. The fourth-order valence-electron chi connectivity index (χ4n) is 8.59. The monoisotopic (exact) mass is 1150 g/mol. The van der Waals surface area contributed by atoms with Crippen LogP contribution >= 0.6 is 47.0 Å². The summed E-state index contributed by atoms with van der Waals surface area (Å²) in [5, 5.41) is 0. The minimum atomic E-state index is -0.440. The van der Waals surface area contributed by atoms with E-state index in [1.807, 2.05) is 122 Å². The van der Waals surface area contributed by atoms with Gasteiger partial charge >= 0.3 is 11.9 Å². The summed E-state index contributed by atoms with van der Waals surface area (Å²) in [5.74, 6) is 38.8. The van der Waals surface area contributed by atoms with Crippen LogP contribution in [0.25, 0.3) is 0 Å². The lowest BCUT2D eigenvalue weighted by molar-refractivity contribution is 0.0488. The zero-order valence-corrected chi connectivity index (χ0v) is 51.8. The van der Waals surface area contributed by atoms with Gasteiger partial charge in [0.15, 0.2) is 0 Å². The molecule has 0 N–H and O–H groups in total. The molecule has 0 radical (unpaired) electrons. The van der Waals surface area contributed by atoms with Gasteiger partial charge in [-0.25, -0.2) is 9.59 Å². The lowest BCUT2D eigenvalue weighted by atomic mass is 9.96. The molecule has 0 aliphatic carbocycles. The predicted octanol–water partition coefficient (Wildman–Crippen LogP) is 18.2. The van der Waals surface area contributed by atoms with Crippen LogP contribution in [0.5, 0.6) is 0 Å². The number of thioether (sulfide) groups is 4. The van der Waals surface area contributed by atoms with Crippen LogP contribution in [0.4, 0.5) is 0 Å². The van der Waals surface area contributed by atoms with Crippen molar-refractivity contribution >= 4 is 59.0 Å². The second-order valence-electron chi connectivity index (χ2n) is 19.5. The number of hydrogen-bond acceptors (Lipinski definition) is 8. The van der Waals surface area contributed by atoms with Gasteiger partial charge in [0.05, 0.1) is 35.5 Å². The second-order valence-corrected chi connectivity index (χ2v) is 23.0. The van der Waals surface area contributed by atoms with Crippen LogP contribution in [0.1, 0.15) is 193 Å². The number of unbranched alkanes of at least 4 members (excludes halogenated alkanes) is 14. The second kappa shape index (κ2) is 37.2. The lowest BCUT2D eigenvalue weighted by Crippen LogP contribution is -2.08. The number of benzene rings is 6. The van der Waals surface area contributed by atoms with E-state index in [0.717, 1.165) is 80.4 Å². The molecule has 0 saturated carbocycles. The van der Waals surface area contributed by atoms with Crippen LogP contribution < -0.4 is 0 Å². The molecular weight excluding hydrogens is 1080 g/mol. The van der Waals surface area contributed by atoms with Crippen molar-refractivity contribution in [3.05, 3.63) is 188 Å². The van der Waals surface area contributed by atoms with Crippen molar-refractivity contribution < 1.29 is 19.1 Å². The Morgan fingerprint density at radius 2 is 0.573 bits per heavy atom. The zero-order valence-electron chi connectivity index (χ0n) is 48.5. The van der Waals surface area contributed by atoms with E-state index in [4.69, 9.17) is 9.47 Å². The van der Waals surface area contributed by atoms with Crippen LogP contribution in [0.2, 0.25) is 0 Å². The Hall–Kier alpha value is -6.98. The van der Waals surface area contributed by atoms with E-state index < -0.39 is 11.9 Å². The highest BCUT2D eigenvalue weighted by atomic mass is 32.2. The first kappa shape index (κ1) is 64.2. The van der Waals surface area contributed by atoms with Gasteiger partial charge in [0.25, 0.3) is 0 Å². The number of rotatable bonds is 24. The molecule has 6 aromatic carbocycles. The van der Waals surface area contributed by atoms with Crippen molar-refractivity contribution in [1.29, 1.82) is 0 Å². The number of carbonyl (C=O) groups excluding carboxylic acids is 2. The molecule has 0 spiro atoms. The van der Waals surface area contributed by atoms with Gasteiger partial charge in [-0.05, 0) is 171 Å². The molecule has 0 bridgehead atoms. The summed E-state index contributed by atoms with van der Waals surface area (Å²) in [6.07, 6.45) is 26.4. The van der Waals surface area contributed by atoms with E-state index in [1.165, 1.54) is 64.2 Å². The molecule has 0 aromatic heterocycles. The number of hydrogen-bond donors (Lipinski definition) is 0. The standard InChI is InChI=1S/C74H74O4S4/c1-7-9-11-13-15-17-19-23-51-77-73(75)65-53-61(39-27-57-31-43-67(79-3)44-32-57)71(62(54-65)40-28-58-33-45-68(80-4)46-34-58)25-21-22-26-72-63(41-29-59-35-47-69(81-5)48-36-59)55-66(74(76)78-52-24-20-18-16-14-12-10-8-2)56-64(72)42-30-60-37-49-70(82-6)50-38-60/h31-38,43-50,53-56H,7-20,23-24,51-52H2,1-6H3. The van der Waals surface area contributed by atoms with Crippen molar-refractivity contribution in [3.63, 3.8) is 0 Å². The highest BCUT2D eigenvalue weighted by molar-refractivity contribution is 7.99. The quantitative estimate of drug-likeness (QED) is 0.0257. The third kappa shape index (κ3) is 22.4. The van der Waals surface area contributed by atoms with Crippen LogP contribution in [0.15, 0.2) is 141 Å². The maximum absolute atomic E-state index is 13.9. The molecule has 0 atom stereocenters. The Kier molecular flexibility index (Phi) is 29.1. The molecule has 8 heteroatoms. The molecule has 0 aliphatic rings. The first-order valence-corrected chi connectivity index (χ1v) is 33.5. The Bertz CT molecular complexity index is 3030. The minimum Gasteiger partial charge on any atom is -0.462 e. The average Bonchev–Trinajstić information content (AvgIpc) is 3.52. The molecular formula is C74H74O4S4. The molecule has 0 aliphatic heterocycles. The third-order valence-electron chi connectivity index (χ3n) is 13.4. The minimum absolute atomic E-state index is 0.325. The van der Waals surface area contributed by atoms with E-state index in [-0.39, 0.29) is 0 Å². The van der Waals surface area contributed by atoms with E-state index in [0.29, 0.717) is 57.7 Å². The highest BCUT2D eigenvalue weighted by Crippen LogP contribution is 2.23. The van der Waals surface area contributed by atoms with E-state index >= 15 is 0 Å². The van der Waals surface area contributed by atoms with Gasteiger partial charge in [0, 0.05) is 64.1 Å². The largest absolute Gasteiger partial charge is 0.462 e. The molecule has 4 nitrogen and oxygen atoms in total. The summed E-state index contributed by atoms with van der Waals surface area (Å²) >= 11 is 6.65. The number of carbonyl (C=O) groups is 2. The van der Waals surface area contributed by atoms with Crippen LogP contribution in [0.3, 0.4) is 0 Å². The Labute approximate surface area is 508 Å². The van der Waals surface area contributed by atoms with Gasteiger partial charge in [0.2, 0.25) is 0 Å². The maximum atomic E-state index is 13.9. The van der Waals surface area contributed by atoms with Gasteiger partial charge in [0.1, 0.15) is 0 Å². The SMILES string of the molecule is CCCCCCCCCCOC(=O)c1cc(C#Cc2ccc(SC)cc2)c(C#CC#Cc2c(C#Cc3ccc(SC)cc3)cc(C(=O)OCCCCCCCCCC)cc2C#Cc2ccc(SC)cc2)c(C#Cc2ccc(SC)cc2)c1. The third-order valence-corrected chi connectivity index (χ3v) is 16.3. The first-order valence-electron chi connectivity index (χ1n) is 28.6. The molecule has 0 unspecified atom stereocenters. The Balaban J connectivity index is 1.46. The van der Waals surface area contributed by atoms with Crippen LogP contribution in [-0.2, 0) is 9.47 Å². The molecule has 0 saturated heterocycles. The fraction of sp³-hybridized carbons (Fsp3) is 0.324. The van der Waals surface area contributed by atoms with Crippen molar-refractivity contribution in [2.24, 2.45) is 0 Å². The summed E-state index contributed by atoms with van der Waals surface area (Å²) in [7, 11) is 0. The van der Waals surface area contributed by atoms with Crippen molar-refractivity contribution in [2.45, 2.75) is 136 Å². The predicted molar refractivity (Wildman–Crippen MR) is 349 cm³/mol. The van der Waals surface area contributed by atoms with Crippen molar-refractivity contribution in [3.8, 4) is 71.0 Å². The first-order chi connectivity index (χ1) is 40.2. The van der Waals surface area contributed by atoms with Gasteiger partial charge < -0.3 is 9.47 Å². The van der Waals surface area contributed by atoms with Gasteiger partial charge in [-0.15, -0.1) is 47.0 Å². The molecule has 6 rings (SSSR count). The zero-order chi connectivity index (χ0) is 58.0. The Morgan fingerprint density at radius 3 is 0.817 bits per heavy atom. The molecule has 0 heterocycles. The Morgan fingerprint density at radius 1 is 0.329 bits per heavy atom. The number of ether oxygens (including phenoxy) is 2. The molecule has 6 aromatic rings. The number of esters is 2. The lowest BCUT2D eigenvalue weighted by Gasteiger charge is -2.09. The summed E-state index contributed by atoms with van der Waals surface area (Å²) in [5.41, 5.74) is 7.02. The fourth-order valence-corrected chi connectivity index (χ4v) is 10.2. The summed E-state index contributed by atoms with van der Waals surface area (Å²) in [4.78, 5) is 32.4. The van der Waals surface area contributed by atoms with Gasteiger partial charge in [-0.1, -0.05) is 163 Å². The normalized spacial score (nSPS) is 10.2. The van der Waals surface area contributed by atoms with E-state index in [9.17, 15) is 9.59 Å². The topological polar surface area (TPSA) is 52.6 Å². The molecule has 418 valence electrons. The van der Waals surface area contributed by atoms with Gasteiger partial charge in [-0.2, -0.15) is 0 Å². The molecule has 0 fully saturated rings. The molecule has 82 heavy (non-hydrogen) atoms.